The van der Waals surface area contributed by atoms with Crippen LogP contribution < -0.4 is 43.0 Å². The Labute approximate surface area is 273 Å². The molecule has 2 aromatic rings. The second-order valence-corrected chi connectivity index (χ2v) is 10.5. The van der Waals surface area contributed by atoms with Gasteiger partial charge in [0.15, 0.2) is 0 Å². The number of nitrogens with one attached hydrogen (secondary N) is 2. The first kappa shape index (κ1) is 38.9. The molecule has 0 bridgehead atoms. The van der Waals surface area contributed by atoms with Gasteiger partial charge in [-0.25, -0.2) is 0 Å². The van der Waals surface area contributed by atoms with E-state index in [0.29, 0.717) is 17.0 Å². The van der Waals surface area contributed by atoms with Gasteiger partial charge in [0.25, 0.3) is 0 Å². The van der Waals surface area contributed by atoms with E-state index in [9.17, 15) is 35.9 Å². The van der Waals surface area contributed by atoms with Crippen LogP contribution in [0.1, 0.15) is 43.2 Å². The molecule has 10 N–H and O–H groups in total. The van der Waals surface area contributed by atoms with Crippen LogP contribution in [0.25, 0.3) is 0 Å². The van der Waals surface area contributed by atoms with Gasteiger partial charge in [-0.05, 0) is 84.7 Å². The first-order valence-electron chi connectivity index (χ1n) is 14.6. The summed E-state index contributed by atoms with van der Waals surface area (Å²) in [6.07, 6.45) is 3.53. The molecule has 1 aliphatic rings. The number of nitrogens with two attached hydrogens (primary N) is 4. The molecule has 0 saturated heterocycles. The average molecular weight is 685 g/mol. The van der Waals surface area contributed by atoms with Crippen molar-refractivity contribution in [3.05, 3.63) is 108 Å². The summed E-state index contributed by atoms with van der Waals surface area (Å²) >= 11 is 0. The zero-order valence-electron chi connectivity index (χ0n) is 25.7. The number of rotatable bonds is 11. The van der Waals surface area contributed by atoms with Crippen molar-refractivity contribution in [1.82, 2.24) is 10.6 Å². The van der Waals surface area contributed by atoms with Crippen molar-refractivity contribution >= 4 is 11.8 Å². The molecule has 0 heterocycles. The normalized spacial score (nSPS) is 14.9. The molecule has 0 atom stereocenters. The number of ether oxygens (including phenoxy) is 2. The molecule has 48 heavy (non-hydrogen) atoms. The molecule has 16 heteroatoms. The SMILES string of the molecule is N/C(=C\C=C(/N)NC(=O)Cc1ccc(OC(F)(F)F)cc1)C1CCCCC1.N/C=C\C=C(/N)NC(=O)Cc1ccc(OC(F)(F)F)cc1. The molecule has 0 spiro atoms. The number of carbonyl (C=O) groups excluding carboxylic acids is 2. The number of alkyl halides is 6. The molecule has 1 fully saturated rings. The maximum atomic E-state index is 12.1. The number of allylic oxidation sites excluding steroid dienone is 5. The number of amides is 2. The standard InChI is InChI=1S/C19H24F3N3O2.C13H14F3N3O2/c20-19(21,22)27-15-8-6-13(7-9-15)12-18(26)25-17(24)11-10-16(23)14-4-2-1-3-5-14;14-13(15,16)21-10-5-3-9(4-6-10)8-12(20)19-11(18)2-1-7-17/h6-11,14H,1-5,12,23-24H2,(H,25,26);1-7H,8,17-18H2,(H,19,20)/b16-10-,17-11+;7-1-,11-2+. The Morgan fingerprint density at radius 1 is 0.688 bits per heavy atom. The Morgan fingerprint density at radius 3 is 1.50 bits per heavy atom. The molecule has 3 rings (SSSR count). The van der Waals surface area contributed by atoms with Crippen LogP contribution in [-0.2, 0) is 22.4 Å². The summed E-state index contributed by atoms with van der Waals surface area (Å²) in [4.78, 5) is 23.6. The summed E-state index contributed by atoms with van der Waals surface area (Å²) in [6, 6.07) is 10.1. The van der Waals surface area contributed by atoms with Crippen LogP contribution in [0.15, 0.2) is 96.4 Å². The molecular weight excluding hydrogens is 646 g/mol. The molecule has 0 unspecified atom stereocenters. The Bertz CT molecular complexity index is 1450. The molecule has 1 aliphatic carbocycles. The zero-order chi connectivity index (χ0) is 35.7. The van der Waals surface area contributed by atoms with E-state index in [1.54, 1.807) is 12.2 Å². The van der Waals surface area contributed by atoms with Crippen molar-refractivity contribution in [2.24, 2.45) is 28.9 Å². The lowest BCUT2D eigenvalue weighted by molar-refractivity contribution is -0.275. The van der Waals surface area contributed by atoms with Gasteiger partial charge in [0, 0.05) is 5.70 Å². The lowest BCUT2D eigenvalue weighted by Crippen LogP contribution is -2.28. The number of halogens is 6. The molecule has 0 radical (unpaired) electrons. The fraction of sp³-hybridized carbons (Fsp3) is 0.312. The van der Waals surface area contributed by atoms with Gasteiger partial charge in [-0.15, -0.1) is 26.3 Å². The topological polar surface area (TPSA) is 181 Å². The van der Waals surface area contributed by atoms with Crippen molar-refractivity contribution in [3.8, 4) is 11.5 Å². The first-order chi connectivity index (χ1) is 22.5. The lowest BCUT2D eigenvalue weighted by Gasteiger charge is -2.21. The number of hydrogen-bond donors (Lipinski definition) is 6. The first-order valence-corrected chi connectivity index (χ1v) is 14.6. The smallest absolute Gasteiger partial charge is 0.406 e. The van der Waals surface area contributed by atoms with E-state index in [1.807, 2.05) is 0 Å². The Morgan fingerprint density at radius 2 is 1.10 bits per heavy atom. The van der Waals surface area contributed by atoms with Gasteiger partial charge in [0.1, 0.15) is 23.1 Å². The van der Waals surface area contributed by atoms with E-state index in [0.717, 1.165) is 42.8 Å². The van der Waals surface area contributed by atoms with Crippen molar-refractivity contribution < 1.29 is 45.4 Å². The second-order valence-electron chi connectivity index (χ2n) is 10.5. The van der Waals surface area contributed by atoms with Crippen LogP contribution in [0.4, 0.5) is 26.3 Å². The van der Waals surface area contributed by atoms with Crippen LogP contribution in [0.5, 0.6) is 11.5 Å². The summed E-state index contributed by atoms with van der Waals surface area (Å²) in [7, 11) is 0. The Balaban J connectivity index is 0.000000345. The van der Waals surface area contributed by atoms with E-state index in [-0.39, 0.29) is 41.9 Å². The molecule has 1 saturated carbocycles. The van der Waals surface area contributed by atoms with Crippen molar-refractivity contribution in [2.75, 3.05) is 0 Å². The fourth-order valence-corrected chi connectivity index (χ4v) is 4.40. The van der Waals surface area contributed by atoms with Crippen LogP contribution in [0.3, 0.4) is 0 Å². The van der Waals surface area contributed by atoms with Gasteiger partial charge in [0.2, 0.25) is 11.8 Å². The third-order valence-electron chi connectivity index (χ3n) is 6.53. The van der Waals surface area contributed by atoms with Gasteiger partial charge >= 0.3 is 12.7 Å². The van der Waals surface area contributed by atoms with E-state index in [1.165, 1.54) is 61.9 Å². The zero-order valence-corrected chi connectivity index (χ0v) is 25.7. The highest BCUT2D eigenvalue weighted by atomic mass is 19.4. The Hall–Kier alpha value is -5.28. The maximum Gasteiger partial charge on any atom is 0.573 e. The van der Waals surface area contributed by atoms with Crippen LogP contribution in [-0.4, -0.2) is 24.5 Å². The lowest BCUT2D eigenvalue weighted by atomic mass is 9.87. The summed E-state index contributed by atoms with van der Waals surface area (Å²) in [5.74, 6) is -0.837. The molecule has 2 amide bonds. The largest absolute Gasteiger partial charge is 0.573 e. The summed E-state index contributed by atoms with van der Waals surface area (Å²) in [6.45, 7) is 0. The van der Waals surface area contributed by atoms with Gasteiger partial charge in [-0.3, -0.25) is 9.59 Å². The molecule has 10 nitrogen and oxygen atoms in total. The monoisotopic (exact) mass is 684 g/mol. The highest BCUT2D eigenvalue weighted by Gasteiger charge is 2.31. The number of benzene rings is 2. The summed E-state index contributed by atoms with van der Waals surface area (Å²) in [5, 5.41) is 4.93. The average Bonchev–Trinajstić information content (AvgIpc) is 3.00. The third kappa shape index (κ3) is 16.9. The van der Waals surface area contributed by atoms with Crippen LogP contribution >= 0.6 is 0 Å². The maximum absolute atomic E-state index is 12.1. The van der Waals surface area contributed by atoms with Crippen molar-refractivity contribution in [3.63, 3.8) is 0 Å². The highest BCUT2D eigenvalue weighted by molar-refractivity contribution is 5.80. The van der Waals surface area contributed by atoms with E-state index >= 15 is 0 Å². The van der Waals surface area contributed by atoms with Crippen molar-refractivity contribution in [1.29, 1.82) is 0 Å². The number of hydrogen-bond acceptors (Lipinski definition) is 8. The predicted octanol–water partition coefficient (Wildman–Crippen LogP) is 4.98. The minimum atomic E-state index is -4.74. The van der Waals surface area contributed by atoms with Gasteiger partial charge in [0.05, 0.1) is 12.8 Å². The number of carbonyl (C=O) groups is 2. The molecule has 2 aromatic carbocycles. The van der Waals surface area contributed by atoms with Crippen molar-refractivity contribution in [2.45, 2.75) is 57.7 Å². The molecule has 0 aliphatic heterocycles. The van der Waals surface area contributed by atoms with Gasteiger partial charge in [-0.2, -0.15) is 0 Å². The van der Waals surface area contributed by atoms with Gasteiger partial charge < -0.3 is 43.0 Å². The highest BCUT2D eigenvalue weighted by Crippen LogP contribution is 2.27. The van der Waals surface area contributed by atoms with E-state index in [4.69, 9.17) is 22.9 Å². The van der Waals surface area contributed by atoms with Crippen LogP contribution in [0, 0.1) is 5.92 Å². The van der Waals surface area contributed by atoms with Gasteiger partial charge in [-0.1, -0.05) is 43.5 Å². The molecule has 262 valence electrons. The minimum absolute atomic E-state index is 0.0251. The molecular formula is C32H38F6N6O4. The second kappa shape index (κ2) is 18.8. The fourth-order valence-electron chi connectivity index (χ4n) is 4.40. The third-order valence-corrected chi connectivity index (χ3v) is 6.53. The minimum Gasteiger partial charge on any atom is -0.406 e. The summed E-state index contributed by atoms with van der Waals surface area (Å²) < 4.78 is 79.8. The van der Waals surface area contributed by atoms with E-state index in [2.05, 4.69) is 20.1 Å². The van der Waals surface area contributed by atoms with E-state index < -0.39 is 18.6 Å². The quantitative estimate of drug-likeness (QED) is 0.142. The van der Waals surface area contributed by atoms with Crippen LogP contribution in [0.2, 0.25) is 0 Å². The molecule has 0 aromatic heterocycles. The summed E-state index contributed by atoms with van der Waals surface area (Å²) in [5.41, 5.74) is 24.2. The Kier molecular flexibility index (Phi) is 15.2. The predicted molar refractivity (Wildman–Crippen MR) is 167 cm³/mol.